The van der Waals surface area contributed by atoms with E-state index in [2.05, 4.69) is 178 Å². The summed E-state index contributed by atoms with van der Waals surface area (Å²) in [7, 11) is 0. The van der Waals surface area contributed by atoms with Crippen LogP contribution in [0.1, 0.15) is 51.2 Å². The van der Waals surface area contributed by atoms with E-state index < -0.39 is 0 Å². The van der Waals surface area contributed by atoms with Gasteiger partial charge in [-0.1, -0.05) is 239 Å². The van der Waals surface area contributed by atoms with Gasteiger partial charge in [0.2, 0.25) is 0 Å². The monoisotopic (exact) mass is 840 g/mol. The van der Waals surface area contributed by atoms with Crippen molar-refractivity contribution in [3.8, 4) is 22.3 Å². The summed E-state index contributed by atoms with van der Waals surface area (Å²) in [6, 6.07) is 72.9. The minimum atomic E-state index is -0.263. The first-order chi connectivity index (χ1) is 26.5. The second kappa shape index (κ2) is 18.1. The van der Waals surface area contributed by atoms with E-state index in [1.807, 2.05) is 72.8 Å². The molecule has 0 N–H and O–H groups in total. The molecule has 8 aromatic rings. The molecule has 0 unspecified atom stereocenters. The van der Waals surface area contributed by atoms with Crippen molar-refractivity contribution in [2.75, 3.05) is 0 Å². The highest BCUT2D eigenvalue weighted by Crippen LogP contribution is 2.55. The molecule has 8 aromatic carbocycles. The van der Waals surface area contributed by atoms with Crippen LogP contribution in [0.15, 0.2) is 221 Å². The van der Waals surface area contributed by atoms with Crippen LogP contribution in [-0.4, -0.2) is 5.78 Å². The van der Waals surface area contributed by atoms with E-state index in [0.29, 0.717) is 5.56 Å². The molecule has 0 aromatic heterocycles. The molecule has 0 aliphatic heterocycles. The summed E-state index contributed by atoms with van der Waals surface area (Å²) in [5.74, 6) is 0.0527. The van der Waals surface area contributed by atoms with Crippen LogP contribution in [0.2, 0.25) is 0 Å². The summed E-state index contributed by atoms with van der Waals surface area (Å²) in [5.41, 5.74) is 13.0. The molecule has 0 fully saturated rings. The summed E-state index contributed by atoms with van der Waals surface area (Å²) >= 11 is 6.88. The molecule has 1 aliphatic rings. The number of carbonyl (C=O) groups excluding carboxylic acids is 1. The predicted octanol–water partition coefficient (Wildman–Crippen LogP) is 14.8. The fourth-order valence-electron chi connectivity index (χ4n) is 7.29. The number of ketones is 1. The first-order valence-corrected chi connectivity index (χ1v) is 19.5. The maximum atomic E-state index is 12.0. The van der Waals surface area contributed by atoms with Gasteiger partial charge in [-0.15, -0.1) is 0 Å². The van der Waals surface area contributed by atoms with Crippen molar-refractivity contribution in [2.24, 2.45) is 0 Å². The Morgan fingerprint density at radius 1 is 0.436 bits per heavy atom. The molecule has 3 heteroatoms. The SMILES string of the molecule is Brc1ccccc1-c1ccccc1.C.Cc1cccc(C2(c3ccccc3)c3ccccc3-c3ccccc32)c1.O=C(c1ccccc1)c1cccc(Br)c1. The smallest absolute Gasteiger partial charge is 0.193 e. The Bertz CT molecular complexity index is 2450. The van der Waals surface area contributed by atoms with Gasteiger partial charge in [-0.25, -0.2) is 0 Å². The molecule has 0 saturated carbocycles. The van der Waals surface area contributed by atoms with Crippen molar-refractivity contribution in [3.05, 3.63) is 260 Å². The Kier molecular flexibility index (Phi) is 12.9. The molecule has 1 aliphatic carbocycles. The molecule has 0 spiro atoms. The van der Waals surface area contributed by atoms with Gasteiger partial charge in [-0.05, 0) is 69.6 Å². The van der Waals surface area contributed by atoms with Gasteiger partial charge >= 0.3 is 0 Å². The number of aryl methyl sites for hydroxylation is 1. The van der Waals surface area contributed by atoms with Crippen molar-refractivity contribution in [1.29, 1.82) is 0 Å². The lowest BCUT2D eigenvalue weighted by atomic mass is 9.67. The van der Waals surface area contributed by atoms with Crippen molar-refractivity contribution >= 4 is 37.6 Å². The Morgan fingerprint density at radius 2 is 0.909 bits per heavy atom. The van der Waals surface area contributed by atoms with Crippen molar-refractivity contribution in [1.82, 2.24) is 0 Å². The minimum absolute atomic E-state index is 0. The zero-order chi connectivity index (χ0) is 37.3. The van der Waals surface area contributed by atoms with Gasteiger partial charge in [0.05, 0.1) is 5.41 Å². The number of rotatable bonds is 5. The first-order valence-electron chi connectivity index (χ1n) is 17.9. The third-order valence-electron chi connectivity index (χ3n) is 9.69. The molecule has 0 heterocycles. The second-order valence-electron chi connectivity index (χ2n) is 13.1. The lowest BCUT2D eigenvalue weighted by molar-refractivity contribution is 0.103. The van der Waals surface area contributed by atoms with E-state index >= 15 is 0 Å². The van der Waals surface area contributed by atoms with Crippen LogP contribution >= 0.6 is 31.9 Å². The van der Waals surface area contributed by atoms with E-state index in [9.17, 15) is 4.79 Å². The Labute approximate surface area is 342 Å². The number of halogens is 2. The van der Waals surface area contributed by atoms with E-state index in [-0.39, 0.29) is 18.6 Å². The number of fused-ring (bicyclic) bond motifs is 3. The van der Waals surface area contributed by atoms with Crippen molar-refractivity contribution < 1.29 is 4.79 Å². The van der Waals surface area contributed by atoms with Gasteiger partial charge in [0.25, 0.3) is 0 Å². The summed E-state index contributed by atoms with van der Waals surface area (Å²) in [5, 5.41) is 0. The summed E-state index contributed by atoms with van der Waals surface area (Å²) < 4.78 is 2.06. The van der Waals surface area contributed by atoms with Crippen LogP contribution in [0, 0.1) is 6.92 Å². The highest BCUT2D eigenvalue weighted by atomic mass is 79.9. The van der Waals surface area contributed by atoms with Crippen LogP contribution in [-0.2, 0) is 5.41 Å². The first kappa shape index (κ1) is 39.1. The molecule has 55 heavy (non-hydrogen) atoms. The summed E-state index contributed by atoms with van der Waals surface area (Å²) in [4.78, 5) is 12.0. The number of carbonyl (C=O) groups is 1. The molecule has 0 bridgehead atoms. The number of hydrogen-bond donors (Lipinski definition) is 0. The lowest BCUT2D eigenvalue weighted by Gasteiger charge is -2.34. The highest BCUT2D eigenvalue weighted by molar-refractivity contribution is 9.10. The third-order valence-corrected chi connectivity index (χ3v) is 10.9. The quantitative estimate of drug-likeness (QED) is 0.158. The molecular formula is C52H42Br2O. The largest absolute Gasteiger partial charge is 0.289 e. The zero-order valence-corrected chi connectivity index (χ0v) is 33.0. The number of hydrogen-bond acceptors (Lipinski definition) is 1. The molecule has 0 amide bonds. The van der Waals surface area contributed by atoms with Gasteiger partial charge in [0, 0.05) is 20.1 Å². The fraction of sp³-hybridized carbons (Fsp3) is 0.0577. The van der Waals surface area contributed by atoms with Gasteiger partial charge < -0.3 is 0 Å². The van der Waals surface area contributed by atoms with Crippen LogP contribution in [0.25, 0.3) is 22.3 Å². The van der Waals surface area contributed by atoms with Crippen LogP contribution in [0.5, 0.6) is 0 Å². The molecule has 0 radical (unpaired) electrons. The maximum absolute atomic E-state index is 12.0. The average molecular weight is 843 g/mol. The van der Waals surface area contributed by atoms with E-state index in [1.54, 1.807) is 0 Å². The Balaban J connectivity index is 0.000000152. The van der Waals surface area contributed by atoms with Crippen molar-refractivity contribution in [3.63, 3.8) is 0 Å². The third kappa shape index (κ3) is 8.39. The predicted molar refractivity (Wildman–Crippen MR) is 239 cm³/mol. The molecule has 1 nitrogen and oxygen atoms in total. The Morgan fingerprint density at radius 3 is 1.49 bits per heavy atom. The molecule has 9 rings (SSSR count). The van der Waals surface area contributed by atoms with E-state index in [0.717, 1.165) is 14.5 Å². The van der Waals surface area contributed by atoms with Crippen LogP contribution in [0.3, 0.4) is 0 Å². The maximum Gasteiger partial charge on any atom is 0.193 e. The van der Waals surface area contributed by atoms with Crippen LogP contribution in [0.4, 0.5) is 0 Å². The zero-order valence-electron chi connectivity index (χ0n) is 29.9. The van der Waals surface area contributed by atoms with Gasteiger partial charge in [-0.2, -0.15) is 0 Å². The number of benzene rings is 8. The molecule has 270 valence electrons. The molecule has 0 atom stereocenters. The summed E-state index contributed by atoms with van der Waals surface area (Å²) in [6.07, 6.45) is 0. The van der Waals surface area contributed by atoms with E-state index in [1.165, 1.54) is 50.1 Å². The van der Waals surface area contributed by atoms with Gasteiger partial charge in [0.15, 0.2) is 5.78 Å². The molecular weight excluding hydrogens is 800 g/mol. The fourth-order valence-corrected chi connectivity index (χ4v) is 8.20. The van der Waals surface area contributed by atoms with Crippen molar-refractivity contribution in [2.45, 2.75) is 19.8 Å². The average Bonchev–Trinajstić information content (AvgIpc) is 3.53. The highest BCUT2D eigenvalue weighted by Gasteiger charge is 2.45. The van der Waals surface area contributed by atoms with Gasteiger partial charge in [-0.3, -0.25) is 4.79 Å². The normalized spacial score (nSPS) is 11.6. The van der Waals surface area contributed by atoms with Gasteiger partial charge in [0.1, 0.15) is 0 Å². The van der Waals surface area contributed by atoms with E-state index in [4.69, 9.17) is 0 Å². The van der Waals surface area contributed by atoms with Crippen LogP contribution < -0.4 is 0 Å². The standard InChI is InChI=1S/C26H20.C13H9BrO.C12H9Br.CH4/c1-19-10-9-13-21(18-19)26(20-11-3-2-4-12-20)24-16-7-5-14-22(24)23-15-6-8-17-25(23)26;14-12-8-4-7-11(9-12)13(15)10-5-2-1-3-6-10;13-12-9-5-4-8-11(12)10-6-2-1-3-7-10;/h2-18H,1H3;1-9H;1-9H;1H4. The molecule has 0 saturated heterocycles. The summed E-state index contributed by atoms with van der Waals surface area (Å²) in [6.45, 7) is 2.18. The minimum Gasteiger partial charge on any atom is -0.289 e. The second-order valence-corrected chi connectivity index (χ2v) is 14.9. The lowest BCUT2D eigenvalue weighted by Crippen LogP contribution is -2.28. The topological polar surface area (TPSA) is 17.1 Å². The Hall–Kier alpha value is -5.61.